The fourth-order valence-electron chi connectivity index (χ4n) is 8.35. The van der Waals surface area contributed by atoms with Gasteiger partial charge in [0.25, 0.3) is 0 Å². The van der Waals surface area contributed by atoms with Gasteiger partial charge in [0, 0.05) is 5.69 Å². The zero-order chi connectivity index (χ0) is 32.9. The molecule has 1 aliphatic rings. The number of fused-ring (bicyclic) bond motifs is 6. The van der Waals surface area contributed by atoms with Crippen LogP contribution in [0.2, 0.25) is 0 Å². The lowest BCUT2D eigenvalue weighted by Crippen LogP contribution is -2.31. The van der Waals surface area contributed by atoms with E-state index >= 15 is 0 Å². The minimum atomic E-state index is -0.128. The molecule has 5 heteroatoms. The van der Waals surface area contributed by atoms with Gasteiger partial charge in [-0.25, -0.2) is 4.98 Å². The van der Waals surface area contributed by atoms with Crippen LogP contribution in [0.3, 0.4) is 0 Å². The zero-order valence-electron chi connectivity index (χ0n) is 27.8. The van der Waals surface area contributed by atoms with Crippen molar-refractivity contribution in [3.8, 4) is 50.2 Å². The molecule has 0 aliphatic heterocycles. The highest BCUT2D eigenvalue weighted by Crippen LogP contribution is 2.51. The van der Waals surface area contributed by atoms with E-state index in [-0.39, 0.29) is 5.11 Å². The molecule has 0 radical (unpaired) electrons. The van der Waals surface area contributed by atoms with E-state index < -0.39 is 0 Å². The van der Waals surface area contributed by atoms with E-state index in [4.69, 9.17) is 4.98 Å². The van der Waals surface area contributed by atoms with Gasteiger partial charge < -0.3 is 0 Å². The maximum Gasteiger partial charge on any atom is 0.0994 e. The molecule has 0 fully saturated rings. The Morgan fingerprint density at radius 2 is 0.980 bits per heavy atom. The standard InChI is InChI=1S/C44H31B3N2/c45-44(46,47)43-48-38-21-7-8-22-39(38)49(43)27-12-9-11-26(25-27)40-31-15-3-5-17-33(31)42(34-18-6-4-16-32(34)40)37-24-23-36-29-14-2-1-13-28(29)30-19-10-20-35(37)41(30)36/h1-25H,45-47H2. The summed E-state index contributed by atoms with van der Waals surface area (Å²) in [5, 5.41) is 7.57. The maximum atomic E-state index is 5.13. The second kappa shape index (κ2) is 10.4. The topological polar surface area (TPSA) is 17.8 Å². The molecule has 0 amide bonds. The summed E-state index contributed by atoms with van der Waals surface area (Å²) in [6.07, 6.45) is 0. The average Bonchev–Trinajstić information content (AvgIpc) is 3.69. The van der Waals surface area contributed by atoms with Crippen molar-refractivity contribution in [1.29, 1.82) is 0 Å². The van der Waals surface area contributed by atoms with Gasteiger partial charge in [-0.3, -0.25) is 4.57 Å². The molecule has 1 aromatic heterocycles. The van der Waals surface area contributed by atoms with Gasteiger partial charge in [-0.05, 0) is 101 Å². The van der Waals surface area contributed by atoms with Crippen LogP contribution < -0.4 is 0 Å². The predicted molar refractivity (Wildman–Crippen MR) is 216 cm³/mol. The lowest BCUT2D eigenvalue weighted by Gasteiger charge is -2.22. The molecule has 0 saturated carbocycles. The summed E-state index contributed by atoms with van der Waals surface area (Å²) in [7, 11) is 6.73. The van der Waals surface area contributed by atoms with Crippen LogP contribution in [0.15, 0.2) is 152 Å². The molecule has 0 N–H and O–H groups in total. The fourth-order valence-corrected chi connectivity index (χ4v) is 8.35. The highest BCUT2D eigenvalue weighted by atomic mass is 15.1. The molecule has 0 unspecified atom stereocenters. The van der Waals surface area contributed by atoms with Crippen molar-refractivity contribution < 1.29 is 0 Å². The Morgan fingerprint density at radius 1 is 0.449 bits per heavy atom. The molecule has 8 aromatic carbocycles. The summed E-state index contributed by atoms with van der Waals surface area (Å²) in [6.45, 7) is 0. The van der Waals surface area contributed by atoms with Crippen LogP contribution in [0.4, 0.5) is 0 Å². The van der Waals surface area contributed by atoms with E-state index in [0.29, 0.717) is 0 Å². The number of nitrogens with zero attached hydrogens (tertiary/aromatic N) is 2. The summed E-state index contributed by atoms with van der Waals surface area (Å²) in [4.78, 5) is 5.13. The number of para-hydroxylation sites is 2. The van der Waals surface area contributed by atoms with Crippen LogP contribution in [-0.4, -0.2) is 33.1 Å². The molecular formula is C44H31B3N2. The Hall–Kier alpha value is -5.80. The third-order valence-corrected chi connectivity index (χ3v) is 10.4. The normalized spacial score (nSPS) is 12.3. The SMILES string of the molecule is BC(B)(B)c1nc2ccccc2n1-c1cccc(-c2c3ccccc3c(-c3ccc4c5c(cccc35)-c3ccccc3-4)c3ccccc23)c1. The van der Waals surface area contributed by atoms with Gasteiger partial charge in [-0.2, -0.15) is 0 Å². The third-order valence-electron chi connectivity index (χ3n) is 10.4. The van der Waals surface area contributed by atoms with E-state index in [2.05, 4.69) is 180 Å². The van der Waals surface area contributed by atoms with Gasteiger partial charge in [0.05, 0.1) is 40.4 Å². The molecule has 10 rings (SSSR count). The molecule has 1 aliphatic carbocycles. The third kappa shape index (κ3) is 4.09. The van der Waals surface area contributed by atoms with E-state index in [1.54, 1.807) is 0 Å². The first-order valence-electron chi connectivity index (χ1n) is 17.2. The van der Waals surface area contributed by atoms with Gasteiger partial charge in [0.2, 0.25) is 0 Å². The molecule has 0 bridgehead atoms. The average molecular weight is 620 g/mol. The molecule has 1 heterocycles. The van der Waals surface area contributed by atoms with Crippen LogP contribution in [-0.2, 0) is 5.11 Å². The van der Waals surface area contributed by atoms with Crippen LogP contribution >= 0.6 is 0 Å². The number of imidazole rings is 1. The first-order chi connectivity index (χ1) is 24.0. The second-order valence-corrected chi connectivity index (χ2v) is 14.3. The molecule has 0 spiro atoms. The van der Waals surface area contributed by atoms with Gasteiger partial charge >= 0.3 is 0 Å². The van der Waals surface area contributed by atoms with Gasteiger partial charge in [-0.15, -0.1) is 0 Å². The van der Waals surface area contributed by atoms with Gasteiger partial charge in [-0.1, -0.05) is 133 Å². The van der Waals surface area contributed by atoms with Crippen molar-refractivity contribution in [3.63, 3.8) is 0 Å². The van der Waals surface area contributed by atoms with Crippen molar-refractivity contribution in [1.82, 2.24) is 9.55 Å². The molecular weight excluding hydrogens is 589 g/mol. The minimum absolute atomic E-state index is 0.128. The highest BCUT2D eigenvalue weighted by molar-refractivity contribution is 6.58. The molecule has 49 heavy (non-hydrogen) atoms. The molecule has 226 valence electrons. The molecule has 0 saturated heterocycles. The van der Waals surface area contributed by atoms with Crippen LogP contribution in [0.1, 0.15) is 5.82 Å². The molecule has 2 nitrogen and oxygen atoms in total. The van der Waals surface area contributed by atoms with Crippen LogP contribution in [0, 0.1) is 0 Å². The van der Waals surface area contributed by atoms with Crippen LogP contribution in [0.5, 0.6) is 0 Å². The Bertz CT molecular complexity index is 2740. The maximum absolute atomic E-state index is 5.13. The molecule has 9 aromatic rings. The summed E-state index contributed by atoms with van der Waals surface area (Å²) < 4.78 is 2.35. The summed E-state index contributed by atoms with van der Waals surface area (Å²) >= 11 is 0. The second-order valence-electron chi connectivity index (χ2n) is 14.3. The number of hydrogen-bond acceptors (Lipinski definition) is 1. The lowest BCUT2D eigenvalue weighted by atomic mass is 9.42. The van der Waals surface area contributed by atoms with E-state index in [1.807, 2.05) is 0 Å². The predicted octanol–water partition coefficient (Wildman–Crippen LogP) is 8.48. The Kier molecular flexibility index (Phi) is 5.96. The Labute approximate surface area is 288 Å². The van der Waals surface area contributed by atoms with E-state index in [9.17, 15) is 0 Å². The first-order valence-corrected chi connectivity index (χ1v) is 17.2. The van der Waals surface area contributed by atoms with Gasteiger partial charge in [0.1, 0.15) is 0 Å². The van der Waals surface area contributed by atoms with E-state index in [0.717, 1.165) is 22.5 Å². The number of hydrogen-bond donors (Lipinski definition) is 0. The number of rotatable bonds is 4. The summed E-state index contributed by atoms with van der Waals surface area (Å²) in [5.41, 5.74) is 13.6. The van der Waals surface area contributed by atoms with Crippen molar-refractivity contribution in [2.45, 2.75) is 5.11 Å². The molecule has 0 atom stereocenters. The lowest BCUT2D eigenvalue weighted by molar-refractivity contribution is 0.930. The smallest absolute Gasteiger partial charge is 0.0994 e. The minimum Gasteiger partial charge on any atom is -0.298 e. The van der Waals surface area contributed by atoms with Crippen molar-refractivity contribution >= 4 is 66.9 Å². The first kappa shape index (κ1) is 28.2. The van der Waals surface area contributed by atoms with Gasteiger partial charge in [0.15, 0.2) is 0 Å². The van der Waals surface area contributed by atoms with Crippen molar-refractivity contribution in [2.75, 3.05) is 0 Å². The number of aromatic nitrogens is 2. The Balaban J connectivity index is 1.26. The number of benzene rings is 8. The zero-order valence-corrected chi connectivity index (χ0v) is 27.8. The summed E-state index contributed by atoms with van der Waals surface area (Å²) in [5.74, 6) is 1.06. The Morgan fingerprint density at radius 3 is 1.67 bits per heavy atom. The van der Waals surface area contributed by atoms with Crippen LogP contribution in [0.25, 0.3) is 93.5 Å². The monoisotopic (exact) mass is 620 g/mol. The quantitative estimate of drug-likeness (QED) is 0.143. The fraction of sp³-hybridized carbons (Fsp3) is 0.0227. The largest absolute Gasteiger partial charge is 0.298 e. The van der Waals surface area contributed by atoms with Crippen molar-refractivity contribution in [3.05, 3.63) is 157 Å². The van der Waals surface area contributed by atoms with Crippen molar-refractivity contribution in [2.24, 2.45) is 0 Å². The highest BCUT2D eigenvalue weighted by Gasteiger charge is 2.26. The summed E-state index contributed by atoms with van der Waals surface area (Å²) in [6, 6.07) is 55.8. The van der Waals surface area contributed by atoms with E-state index in [1.165, 1.54) is 76.8 Å².